The van der Waals surface area contributed by atoms with Gasteiger partial charge in [0.15, 0.2) is 0 Å². The van der Waals surface area contributed by atoms with Crippen molar-refractivity contribution in [2.24, 2.45) is 5.73 Å². The molecule has 3 N–H and O–H groups in total. The fraction of sp³-hybridized carbons (Fsp3) is 1.00. The fourth-order valence-electron chi connectivity index (χ4n) is 2.18. The Labute approximate surface area is 75.3 Å². The molecule has 3 nitrogen and oxygen atoms in total. The van der Waals surface area contributed by atoms with Crippen molar-refractivity contribution in [3.8, 4) is 0 Å². The van der Waals surface area contributed by atoms with E-state index in [9.17, 15) is 0 Å². The third kappa shape index (κ3) is 1.63. The van der Waals surface area contributed by atoms with Gasteiger partial charge in [0.25, 0.3) is 0 Å². The lowest BCUT2D eigenvalue weighted by Crippen LogP contribution is -2.47. The van der Waals surface area contributed by atoms with Gasteiger partial charge in [-0.1, -0.05) is 0 Å². The summed E-state index contributed by atoms with van der Waals surface area (Å²) in [6.45, 7) is 6.65. The van der Waals surface area contributed by atoms with E-state index in [1.54, 1.807) is 0 Å². The first-order valence-corrected chi connectivity index (χ1v) is 4.78. The Hall–Kier alpha value is -0.120. The molecule has 1 aliphatic heterocycles. The number of nitrogens with one attached hydrogen (secondary N) is 1. The van der Waals surface area contributed by atoms with Crippen molar-refractivity contribution in [3.63, 3.8) is 0 Å². The van der Waals surface area contributed by atoms with Crippen LogP contribution in [0.5, 0.6) is 0 Å². The molecular formula is C9H21N3. The van der Waals surface area contributed by atoms with Crippen LogP contribution in [-0.4, -0.2) is 36.2 Å². The van der Waals surface area contributed by atoms with Crippen LogP contribution in [0.15, 0.2) is 0 Å². The van der Waals surface area contributed by atoms with Gasteiger partial charge in [0.1, 0.15) is 0 Å². The van der Waals surface area contributed by atoms with Gasteiger partial charge in [0.05, 0.1) is 6.17 Å². The highest BCUT2D eigenvalue weighted by molar-refractivity contribution is 4.93. The molecule has 3 atom stereocenters. The summed E-state index contributed by atoms with van der Waals surface area (Å²) in [5.74, 6) is 0. The van der Waals surface area contributed by atoms with Crippen LogP contribution in [0, 0.1) is 0 Å². The highest BCUT2D eigenvalue weighted by Gasteiger charge is 2.36. The number of likely N-dealkylation sites (tertiary alicyclic amines) is 1. The second-order valence-corrected chi connectivity index (χ2v) is 3.99. The number of nitrogens with two attached hydrogens (primary N) is 1. The molecular weight excluding hydrogens is 150 g/mol. The average Bonchev–Trinajstić information content (AvgIpc) is 2.28. The van der Waals surface area contributed by atoms with E-state index in [1.165, 1.54) is 0 Å². The minimum atomic E-state index is 0.324. The van der Waals surface area contributed by atoms with E-state index >= 15 is 0 Å². The highest BCUT2D eigenvalue weighted by atomic mass is 15.3. The molecule has 0 aromatic carbocycles. The number of hydrogen-bond donors (Lipinski definition) is 2. The first kappa shape index (κ1) is 9.96. The third-order valence-electron chi connectivity index (χ3n) is 2.87. The molecule has 0 radical (unpaired) electrons. The molecule has 0 aliphatic carbocycles. The lowest BCUT2D eigenvalue weighted by Gasteiger charge is -2.32. The van der Waals surface area contributed by atoms with Crippen molar-refractivity contribution in [2.75, 3.05) is 7.05 Å². The van der Waals surface area contributed by atoms with Crippen molar-refractivity contribution in [1.82, 2.24) is 10.2 Å². The predicted molar refractivity (Wildman–Crippen MR) is 51.9 cm³/mol. The van der Waals surface area contributed by atoms with Crippen molar-refractivity contribution >= 4 is 0 Å². The monoisotopic (exact) mass is 171 g/mol. The molecule has 0 amide bonds. The van der Waals surface area contributed by atoms with Crippen molar-refractivity contribution in [1.29, 1.82) is 0 Å². The molecule has 1 saturated heterocycles. The van der Waals surface area contributed by atoms with Crippen LogP contribution >= 0.6 is 0 Å². The second-order valence-electron chi connectivity index (χ2n) is 3.99. The average molecular weight is 171 g/mol. The van der Waals surface area contributed by atoms with Crippen LogP contribution in [0.1, 0.15) is 27.2 Å². The number of hydrogen-bond acceptors (Lipinski definition) is 3. The Morgan fingerprint density at radius 2 is 2.08 bits per heavy atom. The first-order valence-electron chi connectivity index (χ1n) is 4.78. The quantitative estimate of drug-likeness (QED) is 0.630. The van der Waals surface area contributed by atoms with Crippen LogP contribution in [0.25, 0.3) is 0 Å². The third-order valence-corrected chi connectivity index (χ3v) is 2.87. The highest BCUT2D eigenvalue weighted by Crippen LogP contribution is 2.23. The molecule has 0 aromatic rings. The van der Waals surface area contributed by atoms with Crippen molar-refractivity contribution in [2.45, 2.75) is 51.5 Å². The van der Waals surface area contributed by atoms with Crippen LogP contribution in [0.4, 0.5) is 0 Å². The summed E-state index contributed by atoms with van der Waals surface area (Å²) in [7, 11) is 2.00. The van der Waals surface area contributed by atoms with E-state index in [4.69, 9.17) is 5.73 Å². The van der Waals surface area contributed by atoms with Gasteiger partial charge in [0, 0.05) is 18.1 Å². The van der Waals surface area contributed by atoms with Gasteiger partial charge in [-0.15, -0.1) is 0 Å². The molecule has 1 fully saturated rings. The standard InChI is InChI=1S/C9H21N3/c1-6(2)12-7(3)8(10)5-9(12)11-4/h6-9,11H,5,10H2,1-4H3. The summed E-state index contributed by atoms with van der Waals surface area (Å²) >= 11 is 0. The van der Waals surface area contributed by atoms with E-state index in [2.05, 4.69) is 31.0 Å². The molecule has 0 saturated carbocycles. The van der Waals surface area contributed by atoms with E-state index in [0.29, 0.717) is 24.3 Å². The molecule has 1 heterocycles. The Balaban J connectivity index is 2.66. The van der Waals surface area contributed by atoms with E-state index in [0.717, 1.165) is 6.42 Å². The SMILES string of the molecule is CNC1CC(N)C(C)N1C(C)C. The molecule has 1 aliphatic rings. The molecule has 1 rings (SSSR count). The molecule has 3 unspecified atom stereocenters. The molecule has 12 heavy (non-hydrogen) atoms. The van der Waals surface area contributed by atoms with E-state index in [1.807, 2.05) is 7.05 Å². The Morgan fingerprint density at radius 3 is 2.42 bits per heavy atom. The van der Waals surface area contributed by atoms with Gasteiger partial charge < -0.3 is 11.1 Å². The minimum Gasteiger partial charge on any atom is -0.326 e. The Morgan fingerprint density at radius 1 is 1.50 bits per heavy atom. The first-order chi connectivity index (χ1) is 5.57. The number of rotatable bonds is 2. The normalized spacial score (nSPS) is 38.0. The summed E-state index contributed by atoms with van der Waals surface area (Å²) in [5, 5.41) is 3.30. The van der Waals surface area contributed by atoms with Gasteiger partial charge in [0.2, 0.25) is 0 Å². The Kier molecular flexibility index (Phi) is 3.09. The summed E-state index contributed by atoms with van der Waals surface area (Å²) in [6, 6.07) is 1.40. The zero-order valence-electron chi connectivity index (χ0n) is 8.54. The van der Waals surface area contributed by atoms with Crippen LogP contribution in [0.3, 0.4) is 0 Å². The maximum atomic E-state index is 5.99. The zero-order valence-corrected chi connectivity index (χ0v) is 8.54. The molecule has 3 heteroatoms. The summed E-state index contributed by atoms with van der Waals surface area (Å²) in [4.78, 5) is 2.45. The van der Waals surface area contributed by atoms with Crippen LogP contribution in [-0.2, 0) is 0 Å². The molecule has 0 bridgehead atoms. The zero-order chi connectivity index (χ0) is 9.30. The van der Waals surface area contributed by atoms with Crippen LogP contribution in [0.2, 0.25) is 0 Å². The van der Waals surface area contributed by atoms with Gasteiger partial charge in [-0.05, 0) is 34.2 Å². The predicted octanol–water partition coefficient (Wildman–Crippen LogP) is 0.362. The topological polar surface area (TPSA) is 41.3 Å². The van der Waals surface area contributed by atoms with Gasteiger partial charge in [-0.2, -0.15) is 0 Å². The minimum absolute atomic E-state index is 0.324. The maximum Gasteiger partial charge on any atom is 0.0615 e. The van der Waals surface area contributed by atoms with E-state index < -0.39 is 0 Å². The lowest BCUT2D eigenvalue weighted by atomic mass is 10.1. The maximum absolute atomic E-state index is 5.99. The van der Waals surface area contributed by atoms with Crippen molar-refractivity contribution in [3.05, 3.63) is 0 Å². The smallest absolute Gasteiger partial charge is 0.0615 e. The fourth-order valence-corrected chi connectivity index (χ4v) is 2.18. The Bertz CT molecular complexity index is 147. The van der Waals surface area contributed by atoms with Gasteiger partial charge in [-0.25, -0.2) is 0 Å². The molecule has 0 aromatic heterocycles. The summed E-state index contributed by atoms with van der Waals surface area (Å²) in [5.41, 5.74) is 5.99. The molecule has 0 spiro atoms. The second kappa shape index (κ2) is 3.73. The molecule has 72 valence electrons. The van der Waals surface area contributed by atoms with E-state index in [-0.39, 0.29) is 0 Å². The van der Waals surface area contributed by atoms with Gasteiger partial charge >= 0.3 is 0 Å². The lowest BCUT2D eigenvalue weighted by molar-refractivity contribution is 0.138. The summed E-state index contributed by atoms with van der Waals surface area (Å²) in [6.07, 6.45) is 1.53. The van der Waals surface area contributed by atoms with Crippen LogP contribution < -0.4 is 11.1 Å². The summed E-state index contributed by atoms with van der Waals surface area (Å²) < 4.78 is 0. The van der Waals surface area contributed by atoms with Gasteiger partial charge in [-0.3, -0.25) is 4.90 Å². The van der Waals surface area contributed by atoms with Crippen molar-refractivity contribution < 1.29 is 0 Å². The largest absolute Gasteiger partial charge is 0.326 e. The number of nitrogens with zero attached hydrogens (tertiary/aromatic N) is 1.